The standard InChI is InChI=1S/C28H32ClN3O/c1-18-9-12-32(13-10-18)27(33)21-6-7-23(25(29)15-21)22-14-24(19(2)31-17-22)20-8-11-30-26(16-20)28(3,4)5/h6-8,11,14-18H,9-10,12-13H2,1-5H3. The smallest absolute Gasteiger partial charge is 0.253 e. The molecule has 33 heavy (non-hydrogen) atoms. The van der Waals surface area contributed by atoms with Crippen molar-refractivity contribution < 1.29 is 4.79 Å². The number of halogens is 1. The van der Waals surface area contributed by atoms with Gasteiger partial charge in [-0.1, -0.05) is 45.4 Å². The molecule has 1 aromatic carbocycles. The maximum atomic E-state index is 13.0. The number of benzene rings is 1. The van der Waals surface area contributed by atoms with Gasteiger partial charge in [-0.05, 0) is 61.6 Å². The van der Waals surface area contributed by atoms with E-state index in [0.717, 1.165) is 59.6 Å². The zero-order valence-electron chi connectivity index (χ0n) is 20.2. The van der Waals surface area contributed by atoms with E-state index in [0.29, 0.717) is 16.5 Å². The number of aryl methyl sites for hydroxylation is 1. The lowest BCUT2D eigenvalue weighted by molar-refractivity contribution is 0.0697. The molecule has 0 unspecified atom stereocenters. The lowest BCUT2D eigenvalue weighted by Gasteiger charge is -2.30. The predicted molar refractivity (Wildman–Crippen MR) is 136 cm³/mol. The van der Waals surface area contributed by atoms with Crippen LogP contribution in [0.5, 0.6) is 0 Å². The highest BCUT2D eigenvalue weighted by Gasteiger charge is 2.22. The molecule has 1 amide bonds. The Morgan fingerprint density at radius 3 is 2.39 bits per heavy atom. The molecular formula is C28H32ClN3O. The van der Waals surface area contributed by atoms with Crippen molar-refractivity contribution in [2.75, 3.05) is 13.1 Å². The minimum atomic E-state index is -0.0347. The van der Waals surface area contributed by atoms with Crippen LogP contribution >= 0.6 is 11.6 Å². The molecule has 4 nitrogen and oxygen atoms in total. The van der Waals surface area contributed by atoms with Gasteiger partial charge in [0, 0.05) is 69.6 Å². The largest absolute Gasteiger partial charge is 0.339 e. The first-order chi connectivity index (χ1) is 15.6. The summed E-state index contributed by atoms with van der Waals surface area (Å²) in [4.78, 5) is 24.1. The van der Waals surface area contributed by atoms with Crippen LogP contribution in [0.15, 0.2) is 48.8 Å². The van der Waals surface area contributed by atoms with Gasteiger partial charge >= 0.3 is 0 Å². The summed E-state index contributed by atoms with van der Waals surface area (Å²) in [5, 5.41) is 0.563. The zero-order chi connectivity index (χ0) is 23.8. The van der Waals surface area contributed by atoms with E-state index in [1.54, 1.807) is 6.07 Å². The van der Waals surface area contributed by atoms with Crippen LogP contribution in [0.4, 0.5) is 0 Å². The highest BCUT2D eigenvalue weighted by Crippen LogP contribution is 2.34. The van der Waals surface area contributed by atoms with Gasteiger partial charge < -0.3 is 4.90 Å². The lowest BCUT2D eigenvalue weighted by Crippen LogP contribution is -2.37. The first-order valence-corrected chi connectivity index (χ1v) is 12.0. The molecule has 0 atom stereocenters. The van der Waals surface area contributed by atoms with Gasteiger partial charge in [-0.2, -0.15) is 0 Å². The Balaban J connectivity index is 1.65. The Kier molecular flexibility index (Phi) is 6.58. The minimum Gasteiger partial charge on any atom is -0.339 e. The molecule has 2 aromatic heterocycles. The average Bonchev–Trinajstić information content (AvgIpc) is 2.79. The number of aromatic nitrogens is 2. The van der Waals surface area contributed by atoms with Crippen molar-refractivity contribution in [1.82, 2.24) is 14.9 Å². The van der Waals surface area contributed by atoms with Crippen molar-refractivity contribution in [2.45, 2.75) is 52.9 Å². The molecule has 1 aliphatic rings. The summed E-state index contributed by atoms with van der Waals surface area (Å²) in [6.07, 6.45) is 5.82. The van der Waals surface area contributed by atoms with Crippen LogP contribution in [-0.4, -0.2) is 33.9 Å². The Morgan fingerprint density at radius 2 is 1.73 bits per heavy atom. The topological polar surface area (TPSA) is 46.1 Å². The molecule has 172 valence electrons. The normalized spacial score (nSPS) is 15.0. The van der Waals surface area contributed by atoms with Crippen molar-refractivity contribution in [1.29, 1.82) is 0 Å². The summed E-state index contributed by atoms with van der Waals surface area (Å²) in [6.45, 7) is 12.4. The predicted octanol–water partition coefficient (Wildman–Crippen LogP) is 6.94. The third-order valence-corrected chi connectivity index (χ3v) is 6.84. The molecule has 4 rings (SSSR count). The van der Waals surface area contributed by atoms with Crippen LogP contribution in [0.25, 0.3) is 22.3 Å². The Bertz CT molecular complexity index is 1170. The fourth-order valence-corrected chi connectivity index (χ4v) is 4.55. The van der Waals surface area contributed by atoms with Crippen molar-refractivity contribution in [2.24, 2.45) is 5.92 Å². The molecule has 0 bridgehead atoms. The SMILES string of the molecule is Cc1ncc(-c2ccc(C(=O)N3CCC(C)CC3)cc2Cl)cc1-c1ccnc(C(C)(C)C)c1. The van der Waals surface area contributed by atoms with Gasteiger partial charge in [-0.25, -0.2) is 0 Å². The van der Waals surface area contributed by atoms with Crippen molar-refractivity contribution in [3.05, 3.63) is 70.8 Å². The van der Waals surface area contributed by atoms with E-state index in [-0.39, 0.29) is 11.3 Å². The molecule has 0 N–H and O–H groups in total. The molecule has 0 radical (unpaired) electrons. The second-order valence-corrected chi connectivity index (χ2v) is 10.6. The fraction of sp³-hybridized carbons (Fsp3) is 0.393. The zero-order valence-corrected chi connectivity index (χ0v) is 20.9. The maximum absolute atomic E-state index is 13.0. The van der Waals surface area contributed by atoms with E-state index in [1.165, 1.54) is 0 Å². The maximum Gasteiger partial charge on any atom is 0.253 e. The second kappa shape index (κ2) is 9.26. The van der Waals surface area contributed by atoms with Gasteiger partial charge in [0.2, 0.25) is 0 Å². The van der Waals surface area contributed by atoms with Crippen LogP contribution in [0.1, 0.15) is 62.3 Å². The van der Waals surface area contributed by atoms with Gasteiger partial charge in [-0.3, -0.25) is 14.8 Å². The van der Waals surface area contributed by atoms with E-state index in [1.807, 2.05) is 42.4 Å². The quantitative estimate of drug-likeness (QED) is 0.424. The molecule has 1 aliphatic heterocycles. The Hall–Kier alpha value is -2.72. The van der Waals surface area contributed by atoms with Crippen molar-refractivity contribution in [3.63, 3.8) is 0 Å². The van der Waals surface area contributed by atoms with E-state index in [9.17, 15) is 4.79 Å². The highest BCUT2D eigenvalue weighted by molar-refractivity contribution is 6.33. The van der Waals surface area contributed by atoms with Gasteiger partial charge in [0.1, 0.15) is 0 Å². The van der Waals surface area contributed by atoms with E-state index >= 15 is 0 Å². The van der Waals surface area contributed by atoms with Crippen LogP contribution in [-0.2, 0) is 5.41 Å². The number of carbonyl (C=O) groups is 1. The minimum absolute atomic E-state index is 0.0347. The summed E-state index contributed by atoms with van der Waals surface area (Å²) in [6, 6.07) is 11.9. The molecule has 3 heterocycles. The first-order valence-electron chi connectivity index (χ1n) is 11.7. The molecule has 0 spiro atoms. The molecule has 1 saturated heterocycles. The Morgan fingerprint density at radius 1 is 1.00 bits per heavy atom. The van der Waals surface area contributed by atoms with Crippen molar-refractivity contribution in [3.8, 4) is 22.3 Å². The third kappa shape index (κ3) is 5.11. The number of pyridine rings is 2. The summed E-state index contributed by atoms with van der Waals surface area (Å²) < 4.78 is 0. The number of piperidine rings is 1. The number of carbonyl (C=O) groups excluding carboxylic acids is 1. The lowest BCUT2D eigenvalue weighted by atomic mass is 9.89. The number of rotatable bonds is 3. The monoisotopic (exact) mass is 461 g/mol. The molecule has 1 fully saturated rings. The van der Waals surface area contributed by atoms with E-state index in [2.05, 4.69) is 49.8 Å². The fourth-order valence-electron chi connectivity index (χ4n) is 4.26. The molecule has 3 aromatic rings. The number of nitrogens with zero attached hydrogens (tertiary/aromatic N) is 3. The highest BCUT2D eigenvalue weighted by atomic mass is 35.5. The molecular weight excluding hydrogens is 430 g/mol. The molecule has 0 saturated carbocycles. The number of amides is 1. The van der Waals surface area contributed by atoms with Crippen LogP contribution in [0.3, 0.4) is 0 Å². The van der Waals surface area contributed by atoms with Gasteiger partial charge in [0.25, 0.3) is 5.91 Å². The van der Waals surface area contributed by atoms with Crippen LogP contribution in [0, 0.1) is 12.8 Å². The molecule has 0 aliphatic carbocycles. The number of likely N-dealkylation sites (tertiary alicyclic amines) is 1. The van der Waals surface area contributed by atoms with E-state index in [4.69, 9.17) is 11.6 Å². The average molecular weight is 462 g/mol. The summed E-state index contributed by atoms with van der Waals surface area (Å²) in [7, 11) is 0. The summed E-state index contributed by atoms with van der Waals surface area (Å²) in [5.74, 6) is 0.743. The number of hydrogen-bond donors (Lipinski definition) is 0. The Labute approximate surface area is 202 Å². The van der Waals surface area contributed by atoms with E-state index < -0.39 is 0 Å². The second-order valence-electron chi connectivity index (χ2n) is 10.2. The van der Waals surface area contributed by atoms with Gasteiger partial charge in [0.15, 0.2) is 0 Å². The van der Waals surface area contributed by atoms with Gasteiger partial charge in [-0.15, -0.1) is 0 Å². The summed E-state index contributed by atoms with van der Waals surface area (Å²) in [5.41, 5.74) is 6.54. The molecule has 5 heteroatoms. The first kappa shape index (κ1) is 23.4. The summed E-state index contributed by atoms with van der Waals surface area (Å²) >= 11 is 6.68. The number of hydrogen-bond acceptors (Lipinski definition) is 3. The van der Waals surface area contributed by atoms with Gasteiger partial charge in [0.05, 0.1) is 0 Å². The van der Waals surface area contributed by atoms with Crippen molar-refractivity contribution >= 4 is 17.5 Å². The van der Waals surface area contributed by atoms with Crippen LogP contribution in [0.2, 0.25) is 5.02 Å². The van der Waals surface area contributed by atoms with Crippen LogP contribution < -0.4 is 0 Å². The third-order valence-electron chi connectivity index (χ3n) is 6.52.